The summed E-state index contributed by atoms with van der Waals surface area (Å²) in [5.41, 5.74) is 0. The van der Waals surface area contributed by atoms with Gasteiger partial charge >= 0.3 is 0 Å². The molecule has 0 aliphatic heterocycles. The van der Waals surface area contributed by atoms with E-state index in [1.807, 2.05) is 13.8 Å². The van der Waals surface area contributed by atoms with Crippen LogP contribution in [0.4, 0.5) is 0 Å². The van der Waals surface area contributed by atoms with E-state index in [0.29, 0.717) is 6.42 Å². The molecule has 3 heteroatoms. The van der Waals surface area contributed by atoms with Crippen LogP contribution in [0.25, 0.3) is 0 Å². The summed E-state index contributed by atoms with van der Waals surface area (Å²) in [5.74, 6) is 0.138. The monoisotopic (exact) mass is 172 g/mol. The summed E-state index contributed by atoms with van der Waals surface area (Å²) in [7, 11) is 0. The van der Waals surface area contributed by atoms with Gasteiger partial charge in [-0.2, -0.15) is 0 Å². The first kappa shape index (κ1) is 11.4. The number of hydrogen-bond donors (Lipinski definition) is 2. The minimum Gasteiger partial charge on any atom is -0.354 e. The molecule has 0 aromatic carbocycles. The van der Waals surface area contributed by atoms with Gasteiger partial charge in [-0.05, 0) is 26.4 Å². The van der Waals surface area contributed by atoms with Crippen molar-refractivity contribution >= 4 is 5.91 Å². The van der Waals surface area contributed by atoms with Crippen molar-refractivity contribution in [2.24, 2.45) is 0 Å². The zero-order valence-corrected chi connectivity index (χ0v) is 8.31. The van der Waals surface area contributed by atoms with Gasteiger partial charge in [-0.25, -0.2) is 0 Å². The summed E-state index contributed by atoms with van der Waals surface area (Å²) >= 11 is 0. The van der Waals surface area contributed by atoms with Crippen LogP contribution < -0.4 is 10.6 Å². The summed E-state index contributed by atoms with van der Waals surface area (Å²) in [4.78, 5) is 10.9. The molecule has 0 spiro atoms. The van der Waals surface area contributed by atoms with Gasteiger partial charge < -0.3 is 10.6 Å². The molecule has 0 aliphatic rings. The lowest BCUT2D eigenvalue weighted by Crippen LogP contribution is -2.34. The Kier molecular flexibility index (Phi) is 6.76. The molecule has 0 aromatic rings. The van der Waals surface area contributed by atoms with E-state index in [9.17, 15) is 4.79 Å². The third-order valence-electron chi connectivity index (χ3n) is 1.73. The Balaban J connectivity index is 3.32. The molecule has 1 unspecified atom stereocenters. The Hall–Kier alpha value is -0.570. The van der Waals surface area contributed by atoms with Crippen LogP contribution in [0.15, 0.2) is 0 Å². The molecule has 0 heterocycles. The fraction of sp³-hybridized carbons (Fsp3) is 0.889. The van der Waals surface area contributed by atoms with Gasteiger partial charge in [-0.1, -0.05) is 13.8 Å². The predicted molar refractivity (Wildman–Crippen MR) is 51.1 cm³/mol. The van der Waals surface area contributed by atoms with Crippen LogP contribution in [0.5, 0.6) is 0 Å². The molecule has 0 radical (unpaired) electrons. The zero-order chi connectivity index (χ0) is 9.40. The Morgan fingerprint density at radius 3 is 2.58 bits per heavy atom. The van der Waals surface area contributed by atoms with E-state index in [1.54, 1.807) is 0 Å². The summed E-state index contributed by atoms with van der Waals surface area (Å²) < 4.78 is 0. The average molecular weight is 172 g/mol. The first-order chi connectivity index (χ1) is 5.70. The van der Waals surface area contributed by atoms with Crippen molar-refractivity contribution in [2.45, 2.75) is 39.7 Å². The van der Waals surface area contributed by atoms with Gasteiger partial charge in [-0.3, -0.25) is 4.79 Å². The minimum absolute atomic E-state index is 0.138. The van der Waals surface area contributed by atoms with Gasteiger partial charge in [0.05, 0.1) is 0 Å². The lowest BCUT2D eigenvalue weighted by atomic mass is 10.2. The molecule has 0 fully saturated rings. The van der Waals surface area contributed by atoms with Crippen LogP contribution in [0.3, 0.4) is 0 Å². The zero-order valence-electron chi connectivity index (χ0n) is 8.31. The van der Waals surface area contributed by atoms with Gasteiger partial charge in [0, 0.05) is 12.5 Å². The van der Waals surface area contributed by atoms with Crippen LogP contribution in [0.2, 0.25) is 0 Å². The molecule has 0 aromatic heterocycles. The highest BCUT2D eigenvalue weighted by atomic mass is 16.1. The highest BCUT2D eigenvalue weighted by molar-refractivity contribution is 5.75. The fourth-order valence-electron chi connectivity index (χ4n) is 0.944. The summed E-state index contributed by atoms with van der Waals surface area (Å²) in [6.45, 7) is 7.95. The van der Waals surface area contributed by atoms with E-state index in [2.05, 4.69) is 17.6 Å². The van der Waals surface area contributed by atoms with Crippen molar-refractivity contribution in [2.75, 3.05) is 13.1 Å². The third-order valence-corrected chi connectivity index (χ3v) is 1.73. The SMILES string of the molecule is CCNCCC(C)NC(=O)CC. The molecule has 12 heavy (non-hydrogen) atoms. The normalized spacial score (nSPS) is 12.6. The quantitative estimate of drug-likeness (QED) is 0.584. The second-order valence-corrected chi connectivity index (χ2v) is 2.96. The molecule has 0 aliphatic carbocycles. The largest absolute Gasteiger partial charge is 0.354 e. The molecular formula is C9H20N2O. The molecule has 2 N–H and O–H groups in total. The standard InChI is InChI=1S/C9H20N2O/c1-4-9(12)11-8(3)6-7-10-5-2/h8,10H,4-7H2,1-3H3,(H,11,12). The van der Waals surface area contributed by atoms with Gasteiger partial charge in [0.1, 0.15) is 0 Å². The van der Waals surface area contributed by atoms with E-state index in [4.69, 9.17) is 0 Å². The van der Waals surface area contributed by atoms with E-state index in [1.165, 1.54) is 0 Å². The predicted octanol–water partition coefficient (Wildman–Crippen LogP) is 0.901. The number of nitrogens with one attached hydrogen (secondary N) is 2. The molecule has 1 amide bonds. The number of carbonyl (C=O) groups is 1. The lowest BCUT2D eigenvalue weighted by molar-refractivity contribution is -0.121. The first-order valence-electron chi connectivity index (χ1n) is 4.70. The van der Waals surface area contributed by atoms with Crippen LogP contribution >= 0.6 is 0 Å². The third kappa shape index (κ3) is 6.16. The summed E-state index contributed by atoms with van der Waals surface area (Å²) in [6.07, 6.45) is 1.57. The van der Waals surface area contributed by atoms with E-state index >= 15 is 0 Å². The van der Waals surface area contributed by atoms with Crippen molar-refractivity contribution in [3.05, 3.63) is 0 Å². The van der Waals surface area contributed by atoms with Crippen LogP contribution in [-0.4, -0.2) is 25.0 Å². The number of carbonyl (C=O) groups excluding carboxylic acids is 1. The van der Waals surface area contributed by atoms with Crippen molar-refractivity contribution in [3.8, 4) is 0 Å². The lowest BCUT2D eigenvalue weighted by Gasteiger charge is -2.12. The van der Waals surface area contributed by atoms with Crippen LogP contribution in [0.1, 0.15) is 33.6 Å². The molecule has 72 valence electrons. The molecular weight excluding hydrogens is 152 g/mol. The van der Waals surface area contributed by atoms with Crippen LogP contribution in [-0.2, 0) is 4.79 Å². The fourth-order valence-corrected chi connectivity index (χ4v) is 0.944. The smallest absolute Gasteiger partial charge is 0.219 e. The minimum atomic E-state index is 0.138. The summed E-state index contributed by atoms with van der Waals surface area (Å²) in [6, 6.07) is 0.288. The molecule has 0 saturated carbocycles. The van der Waals surface area contributed by atoms with Gasteiger partial charge in [-0.15, -0.1) is 0 Å². The van der Waals surface area contributed by atoms with E-state index in [0.717, 1.165) is 19.5 Å². The van der Waals surface area contributed by atoms with E-state index < -0.39 is 0 Å². The Labute approximate surface area is 74.9 Å². The van der Waals surface area contributed by atoms with Crippen LogP contribution in [0, 0.1) is 0 Å². The van der Waals surface area contributed by atoms with Crippen molar-refractivity contribution in [3.63, 3.8) is 0 Å². The van der Waals surface area contributed by atoms with Crippen molar-refractivity contribution in [1.29, 1.82) is 0 Å². The van der Waals surface area contributed by atoms with Crippen molar-refractivity contribution in [1.82, 2.24) is 10.6 Å². The molecule has 0 rings (SSSR count). The second kappa shape index (κ2) is 7.10. The maximum Gasteiger partial charge on any atom is 0.219 e. The number of hydrogen-bond acceptors (Lipinski definition) is 2. The Bertz CT molecular complexity index is 126. The molecule has 3 nitrogen and oxygen atoms in total. The average Bonchev–Trinajstić information content (AvgIpc) is 2.05. The molecule has 0 saturated heterocycles. The Morgan fingerprint density at radius 2 is 2.08 bits per heavy atom. The summed E-state index contributed by atoms with van der Waals surface area (Å²) in [5, 5.41) is 6.13. The number of amides is 1. The van der Waals surface area contributed by atoms with Gasteiger partial charge in [0.2, 0.25) is 5.91 Å². The van der Waals surface area contributed by atoms with Gasteiger partial charge in [0.25, 0.3) is 0 Å². The van der Waals surface area contributed by atoms with Crippen molar-refractivity contribution < 1.29 is 4.79 Å². The highest BCUT2D eigenvalue weighted by Gasteiger charge is 2.03. The maximum atomic E-state index is 10.9. The maximum absolute atomic E-state index is 10.9. The van der Waals surface area contributed by atoms with Gasteiger partial charge in [0.15, 0.2) is 0 Å². The highest BCUT2D eigenvalue weighted by Crippen LogP contribution is 1.89. The molecule has 0 bridgehead atoms. The second-order valence-electron chi connectivity index (χ2n) is 2.96. The van der Waals surface area contributed by atoms with E-state index in [-0.39, 0.29) is 11.9 Å². The topological polar surface area (TPSA) is 41.1 Å². The Morgan fingerprint density at radius 1 is 1.42 bits per heavy atom. The number of rotatable bonds is 6. The first-order valence-corrected chi connectivity index (χ1v) is 4.70. The molecule has 1 atom stereocenters.